The van der Waals surface area contributed by atoms with E-state index < -0.39 is 10.0 Å². The molecule has 1 fully saturated rings. The van der Waals surface area contributed by atoms with Crippen LogP contribution in [0.3, 0.4) is 0 Å². The van der Waals surface area contributed by atoms with E-state index in [1.807, 2.05) is 19.1 Å². The van der Waals surface area contributed by atoms with Crippen LogP contribution in [0.2, 0.25) is 0 Å². The van der Waals surface area contributed by atoms with Crippen LogP contribution in [-0.2, 0) is 10.0 Å². The van der Waals surface area contributed by atoms with Gasteiger partial charge in [0.2, 0.25) is 10.0 Å². The molecule has 1 aromatic carbocycles. The summed E-state index contributed by atoms with van der Waals surface area (Å²) in [6.07, 6.45) is 4.50. The summed E-state index contributed by atoms with van der Waals surface area (Å²) in [5, 5.41) is 3.46. The van der Waals surface area contributed by atoms with Crippen LogP contribution in [0.25, 0.3) is 0 Å². The zero-order chi connectivity index (χ0) is 14.6. The van der Waals surface area contributed by atoms with Gasteiger partial charge in [0.05, 0.1) is 4.90 Å². The molecular formula is C15H24N2O2S. The lowest BCUT2D eigenvalue weighted by atomic mass is 10.0. The van der Waals surface area contributed by atoms with E-state index in [4.69, 9.17) is 0 Å². The Morgan fingerprint density at radius 1 is 1.30 bits per heavy atom. The highest BCUT2D eigenvalue weighted by molar-refractivity contribution is 7.89. The van der Waals surface area contributed by atoms with E-state index >= 15 is 0 Å². The van der Waals surface area contributed by atoms with Gasteiger partial charge >= 0.3 is 0 Å². The smallest absolute Gasteiger partial charge is 0.243 e. The fourth-order valence-electron chi connectivity index (χ4n) is 2.64. The molecule has 0 saturated carbocycles. The first-order chi connectivity index (χ1) is 9.51. The molecule has 0 bridgehead atoms. The van der Waals surface area contributed by atoms with Crippen molar-refractivity contribution in [3.8, 4) is 0 Å². The highest BCUT2D eigenvalue weighted by atomic mass is 32.2. The monoisotopic (exact) mass is 296 g/mol. The maximum atomic E-state index is 12.5. The number of rotatable bonds is 5. The molecule has 1 atom stereocenters. The van der Waals surface area contributed by atoms with Gasteiger partial charge in [-0.1, -0.05) is 24.6 Å². The Morgan fingerprint density at radius 3 is 2.70 bits per heavy atom. The quantitative estimate of drug-likeness (QED) is 0.906. The topological polar surface area (TPSA) is 49.4 Å². The van der Waals surface area contributed by atoms with E-state index in [1.54, 1.807) is 19.2 Å². The Kier molecular flexibility index (Phi) is 5.18. The van der Waals surface area contributed by atoms with Crippen LogP contribution in [0.4, 0.5) is 0 Å². The lowest BCUT2D eigenvalue weighted by Crippen LogP contribution is -2.38. The summed E-state index contributed by atoms with van der Waals surface area (Å²) in [5.74, 6) is 0. The third-order valence-corrected chi connectivity index (χ3v) is 6.00. The Balaban J connectivity index is 2.00. The highest BCUT2D eigenvalue weighted by Gasteiger charge is 2.23. The van der Waals surface area contributed by atoms with E-state index in [2.05, 4.69) is 5.32 Å². The minimum Gasteiger partial charge on any atom is -0.314 e. The highest BCUT2D eigenvalue weighted by Crippen LogP contribution is 2.19. The molecule has 2 rings (SSSR count). The van der Waals surface area contributed by atoms with Gasteiger partial charge < -0.3 is 5.32 Å². The van der Waals surface area contributed by atoms with Gasteiger partial charge in [-0.2, -0.15) is 0 Å². The number of piperidine rings is 1. The fourth-order valence-corrected chi connectivity index (χ4v) is 4.05. The lowest BCUT2D eigenvalue weighted by molar-refractivity contribution is 0.351. The summed E-state index contributed by atoms with van der Waals surface area (Å²) in [5.41, 5.74) is 0.801. The largest absolute Gasteiger partial charge is 0.314 e. The molecule has 1 N–H and O–H groups in total. The Morgan fingerprint density at radius 2 is 2.05 bits per heavy atom. The average Bonchev–Trinajstić information content (AvgIpc) is 2.46. The molecule has 0 radical (unpaired) electrons. The normalized spacial score (nSPS) is 20.2. The van der Waals surface area contributed by atoms with Crippen molar-refractivity contribution in [2.75, 3.05) is 20.1 Å². The van der Waals surface area contributed by atoms with Crippen LogP contribution in [-0.4, -0.2) is 38.9 Å². The first kappa shape index (κ1) is 15.5. The molecule has 112 valence electrons. The summed E-state index contributed by atoms with van der Waals surface area (Å²) in [6, 6.07) is 7.61. The zero-order valence-electron chi connectivity index (χ0n) is 12.3. The zero-order valence-corrected chi connectivity index (χ0v) is 13.1. The fraction of sp³-hybridized carbons (Fsp3) is 0.600. The number of aryl methyl sites for hydroxylation is 1. The van der Waals surface area contributed by atoms with Gasteiger partial charge in [-0.15, -0.1) is 0 Å². The van der Waals surface area contributed by atoms with Gasteiger partial charge in [0.25, 0.3) is 0 Å². The number of hydrogen-bond acceptors (Lipinski definition) is 3. The van der Waals surface area contributed by atoms with Gasteiger partial charge in [0.15, 0.2) is 0 Å². The van der Waals surface area contributed by atoms with Crippen molar-refractivity contribution in [2.45, 2.75) is 43.5 Å². The van der Waals surface area contributed by atoms with E-state index in [0.29, 0.717) is 17.5 Å². The number of sulfonamides is 1. The van der Waals surface area contributed by atoms with Gasteiger partial charge in [0, 0.05) is 19.6 Å². The average molecular weight is 296 g/mol. The maximum Gasteiger partial charge on any atom is 0.243 e. The molecular weight excluding hydrogens is 272 g/mol. The molecule has 4 nitrogen and oxygen atoms in total. The molecule has 1 saturated heterocycles. The number of benzene rings is 1. The second kappa shape index (κ2) is 6.70. The van der Waals surface area contributed by atoms with Crippen molar-refractivity contribution in [1.29, 1.82) is 0 Å². The molecule has 0 aliphatic carbocycles. The minimum absolute atomic E-state index is 0.416. The van der Waals surface area contributed by atoms with Crippen molar-refractivity contribution in [3.63, 3.8) is 0 Å². The number of hydrogen-bond donors (Lipinski definition) is 1. The second-order valence-corrected chi connectivity index (χ2v) is 7.54. The van der Waals surface area contributed by atoms with Crippen molar-refractivity contribution in [2.24, 2.45) is 0 Å². The Hall–Kier alpha value is -0.910. The molecule has 1 aliphatic heterocycles. The first-order valence-electron chi connectivity index (χ1n) is 7.27. The van der Waals surface area contributed by atoms with Crippen LogP contribution in [0.1, 0.15) is 31.2 Å². The summed E-state index contributed by atoms with van der Waals surface area (Å²) in [6.45, 7) is 3.46. The third-order valence-electron chi connectivity index (χ3n) is 3.99. The van der Waals surface area contributed by atoms with Crippen LogP contribution >= 0.6 is 0 Å². The van der Waals surface area contributed by atoms with E-state index in [9.17, 15) is 8.42 Å². The van der Waals surface area contributed by atoms with Crippen molar-refractivity contribution >= 4 is 10.0 Å². The summed E-state index contributed by atoms with van der Waals surface area (Å²) < 4.78 is 26.5. The van der Waals surface area contributed by atoms with Gasteiger partial charge in [-0.05, 0) is 44.4 Å². The SMILES string of the molecule is Cc1ccccc1S(=O)(=O)N(C)CCC1CCCCN1. The lowest BCUT2D eigenvalue weighted by Gasteiger charge is -2.26. The predicted molar refractivity (Wildman–Crippen MR) is 81.3 cm³/mol. The standard InChI is InChI=1S/C15H24N2O2S/c1-13-7-3-4-9-15(13)20(18,19)17(2)12-10-14-8-5-6-11-16-14/h3-4,7,9,14,16H,5-6,8,10-12H2,1-2H3. The first-order valence-corrected chi connectivity index (χ1v) is 8.71. The molecule has 0 spiro atoms. The van der Waals surface area contributed by atoms with Gasteiger partial charge in [-0.3, -0.25) is 0 Å². The number of nitrogens with one attached hydrogen (secondary N) is 1. The van der Waals surface area contributed by atoms with Crippen molar-refractivity contribution in [3.05, 3.63) is 29.8 Å². The maximum absolute atomic E-state index is 12.5. The second-order valence-electron chi connectivity index (χ2n) is 5.53. The van der Waals surface area contributed by atoms with E-state index in [-0.39, 0.29) is 0 Å². The molecule has 0 aromatic heterocycles. The summed E-state index contributed by atoms with van der Waals surface area (Å²) in [7, 11) is -1.69. The van der Waals surface area contributed by atoms with Crippen LogP contribution in [0.15, 0.2) is 29.2 Å². The van der Waals surface area contributed by atoms with Crippen molar-refractivity contribution < 1.29 is 8.42 Å². The molecule has 0 amide bonds. The van der Waals surface area contributed by atoms with Crippen LogP contribution in [0, 0.1) is 6.92 Å². The van der Waals surface area contributed by atoms with E-state index in [1.165, 1.54) is 17.1 Å². The predicted octanol–water partition coefficient (Wildman–Crippen LogP) is 2.15. The van der Waals surface area contributed by atoms with Gasteiger partial charge in [-0.25, -0.2) is 12.7 Å². The molecule has 20 heavy (non-hydrogen) atoms. The molecule has 1 unspecified atom stereocenters. The van der Waals surface area contributed by atoms with Gasteiger partial charge in [0.1, 0.15) is 0 Å². The van der Waals surface area contributed by atoms with Crippen LogP contribution < -0.4 is 5.32 Å². The Labute approximate surface area is 122 Å². The number of nitrogens with zero attached hydrogens (tertiary/aromatic N) is 1. The van der Waals surface area contributed by atoms with E-state index in [0.717, 1.165) is 24.9 Å². The Bertz CT molecular complexity index is 537. The minimum atomic E-state index is -3.36. The molecule has 1 heterocycles. The van der Waals surface area contributed by atoms with Crippen LogP contribution in [0.5, 0.6) is 0 Å². The van der Waals surface area contributed by atoms with Crippen molar-refractivity contribution in [1.82, 2.24) is 9.62 Å². The molecule has 5 heteroatoms. The summed E-state index contributed by atoms with van der Waals surface area (Å²) in [4.78, 5) is 0.416. The third kappa shape index (κ3) is 3.59. The molecule has 1 aromatic rings. The summed E-state index contributed by atoms with van der Waals surface area (Å²) >= 11 is 0. The molecule has 1 aliphatic rings.